The third-order valence-corrected chi connectivity index (χ3v) is 3.67. The fourth-order valence-electron chi connectivity index (χ4n) is 1.95. The Hall–Kier alpha value is -1.73. The van der Waals surface area contributed by atoms with E-state index in [0.717, 1.165) is 11.3 Å². The highest BCUT2D eigenvalue weighted by molar-refractivity contribution is 7.17. The van der Waals surface area contributed by atoms with Crippen LogP contribution in [0.1, 0.15) is 35.9 Å². The molecule has 2 aromatic heterocycles. The highest BCUT2D eigenvalue weighted by Gasteiger charge is 2.20. The molecular formula is C12H14N2O4S. The van der Waals surface area contributed by atoms with Crippen molar-refractivity contribution in [3.63, 3.8) is 0 Å². The Morgan fingerprint density at radius 3 is 2.74 bits per heavy atom. The van der Waals surface area contributed by atoms with Gasteiger partial charge >= 0.3 is 5.97 Å². The number of thiophene rings is 1. The maximum Gasteiger partial charge on any atom is 0.337 e. The van der Waals surface area contributed by atoms with Crippen LogP contribution in [0.15, 0.2) is 10.2 Å². The van der Waals surface area contributed by atoms with Gasteiger partial charge in [-0.2, -0.15) is 0 Å². The molecule has 7 heteroatoms. The van der Waals surface area contributed by atoms with E-state index >= 15 is 0 Å². The zero-order valence-electron chi connectivity index (χ0n) is 10.6. The van der Waals surface area contributed by atoms with Crippen LogP contribution in [0.3, 0.4) is 0 Å². The standard InChI is InChI=1S/C12H14N2O4S/c1-6(2)9-13-10-8(7(5-19-10)12(17)18)11(16)14(9)3-4-15/h5-6,15H,3-4H2,1-2H3,(H,17,18). The number of hydrogen-bond acceptors (Lipinski definition) is 5. The normalized spacial score (nSPS) is 11.4. The number of aliphatic hydroxyl groups is 1. The van der Waals surface area contributed by atoms with E-state index in [9.17, 15) is 9.59 Å². The van der Waals surface area contributed by atoms with Crippen molar-refractivity contribution in [2.45, 2.75) is 26.3 Å². The lowest BCUT2D eigenvalue weighted by molar-refractivity contribution is 0.0699. The van der Waals surface area contributed by atoms with E-state index in [2.05, 4.69) is 4.98 Å². The average Bonchev–Trinajstić information content (AvgIpc) is 2.76. The minimum absolute atomic E-state index is 0.0130. The van der Waals surface area contributed by atoms with Gasteiger partial charge in [-0.05, 0) is 0 Å². The van der Waals surface area contributed by atoms with Crippen LogP contribution in [0.5, 0.6) is 0 Å². The van der Waals surface area contributed by atoms with Gasteiger partial charge < -0.3 is 10.2 Å². The molecule has 2 N–H and O–H groups in total. The summed E-state index contributed by atoms with van der Waals surface area (Å²) in [7, 11) is 0. The summed E-state index contributed by atoms with van der Waals surface area (Å²) >= 11 is 1.15. The number of aromatic nitrogens is 2. The first-order valence-corrected chi connectivity index (χ1v) is 6.71. The zero-order valence-corrected chi connectivity index (χ0v) is 11.4. The molecule has 0 aliphatic rings. The van der Waals surface area contributed by atoms with Crippen molar-refractivity contribution in [2.24, 2.45) is 0 Å². The van der Waals surface area contributed by atoms with Crippen LogP contribution >= 0.6 is 11.3 Å². The van der Waals surface area contributed by atoms with Crippen molar-refractivity contribution in [3.8, 4) is 0 Å². The molecule has 6 nitrogen and oxygen atoms in total. The summed E-state index contributed by atoms with van der Waals surface area (Å²) in [4.78, 5) is 28.3. The number of aliphatic hydroxyl groups excluding tert-OH is 1. The Balaban J connectivity index is 2.84. The Morgan fingerprint density at radius 1 is 1.53 bits per heavy atom. The minimum atomic E-state index is -1.14. The van der Waals surface area contributed by atoms with E-state index in [0.29, 0.717) is 10.7 Å². The van der Waals surface area contributed by atoms with Gasteiger partial charge in [0.2, 0.25) is 0 Å². The van der Waals surface area contributed by atoms with Crippen LogP contribution < -0.4 is 5.56 Å². The number of nitrogens with zero attached hydrogens (tertiary/aromatic N) is 2. The van der Waals surface area contributed by atoms with Crippen molar-refractivity contribution in [1.29, 1.82) is 0 Å². The van der Waals surface area contributed by atoms with E-state index in [4.69, 9.17) is 10.2 Å². The van der Waals surface area contributed by atoms with Gasteiger partial charge in [0.05, 0.1) is 24.1 Å². The predicted molar refractivity (Wildman–Crippen MR) is 72.0 cm³/mol. The summed E-state index contributed by atoms with van der Waals surface area (Å²) in [6, 6.07) is 0. The van der Waals surface area contributed by atoms with Gasteiger partial charge in [0.25, 0.3) is 5.56 Å². The molecule has 2 rings (SSSR count). The average molecular weight is 282 g/mol. The van der Waals surface area contributed by atoms with E-state index in [-0.39, 0.29) is 30.0 Å². The van der Waals surface area contributed by atoms with Crippen LogP contribution in [-0.2, 0) is 6.54 Å². The van der Waals surface area contributed by atoms with Crippen LogP contribution in [-0.4, -0.2) is 32.3 Å². The molecule has 0 atom stereocenters. The monoisotopic (exact) mass is 282 g/mol. The number of carboxylic acid groups (broad SMARTS) is 1. The first-order valence-electron chi connectivity index (χ1n) is 5.83. The zero-order chi connectivity index (χ0) is 14.2. The van der Waals surface area contributed by atoms with Crippen LogP contribution in [0.2, 0.25) is 0 Å². The first kappa shape index (κ1) is 13.7. The van der Waals surface area contributed by atoms with Gasteiger partial charge in [-0.25, -0.2) is 9.78 Å². The molecule has 0 bridgehead atoms. The topological polar surface area (TPSA) is 92.4 Å². The van der Waals surface area contributed by atoms with E-state index in [1.165, 1.54) is 9.95 Å². The molecule has 0 saturated carbocycles. The first-order chi connectivity index (χ1) is 8.97. The Morgan fingerprint density at radius 2 is 2.21 bits per heavy atom. The van der Waals surface area contributed by atoms with Gasteiger partial charge in [0, 0.05) is 11.3 Å². The van der Waals surface area contributed by atoms with Crippen molar-refractivity contribution in [3.05, 3.63) is 27.1 Å². The van der Waals surface area contributed by atoms with E-state index < -0.39 is 11.5 Å². The largest absolute Gasteiger partial charge is 0.478 e. The minimum Gasteiger partial charge on any atom is -0.478 e. The second-order valence-corrected chi connectivity index (χ2v) is 5.30. The fourth-order valence-corrected chi connectivity index (χ4v) is 2.86. The van der Waals surface area contributed by atoms with Crippen LogP contribution in [0, 0.1) is 0 Å². The summed E-state index contributed by atoms with van der Waals surface area (Å²) in [5.74, 6) is -0.567. The van der Waals surface area contributed by atoms with Crippen molar-refractivity contribution in [2.75, 3.05) is 6.61 Å². The maximum atomic E-state index is 12.4. The van der Waals surface area contributed by atoms with E-state index in [1.807, 2.05) is 13.8 Å². The fraction of sp³-hybridized carbons (Fsp3) is 0.417. The molecule has 0 fully saturated rings. The predicted octanol–water partition coefficient (Wildman–Crippen LogP) is 1.27. The summed E-state index contributed by atoms with van der Waals surface area (Å²) in [6.07, 6.45) is 0. The SMILES string of the molecule is CC(C)c1nc2scc(C(=O)O)c2c(=O)n1CCO. The maximum absolute atomic E-state index is 12.4. The number of fused-ring (bicyclic) bond motifs is 1. The molecule has 0 spiro atoms. The van der Waals surface area contributed by atoms with Crippen molar-refractivity contribution < 1.29 is 15.0 Å². The molecule has 2 aromatic rings. The molecule has 0 unspecified atom stereocenters. The number of rotatable bonds is 4. The van der Waals surface area contributed by atoms with Crippen molar-refractivity contribution >= 4 is 27.5 Å². The molecule has 0 aliphatic heterocycles. The number of aromatic carboxylic acids is 1. The lowest BCUT2D eigenvalue weighted by Gasteiger charge is -2.13. The number of carbonyl (C=O) groups is 1. The van der Waals surface area contributed by atoms with Gasteiger partial charge in [-0.3, -0.25) is 9.36 Å². The Kier molecular flexibility index (Phi) is 3.68. The third-order valence-electron chi connectivity index (χ3n) is 2.79. The summed E-state index contributed by atoms with van der Waals surface area (Å²) < 4.78 is 1.35. The molecule has 0 saturated heterocycles. The second-order valence-electron chi connectivity index (χ2n) is 4.44. The molecular weight excluding hydrogens is 268 g/mol. The molecule has 0 radical (unpaired) electrons. The van der Waals surface area contributed by atoms with Gasteiger partial charge in [-0.1, -0.05) is 13.8 Å². The highest BCUT2D eigenvalue weighted by atomic mass is 32.1. The van der Waals surface area contributed by atoms with Gasteiger partial charge in [0.15, 0.2) is 0 Å². The number of hydrogen-bond donors (Lipinski definition) is 2. The Labute approximate surface area is 113 Å². The van der Waals surface area contributed by atoms with E-state index in [1.54, 1.807) is 0 Å². The molecule has 0 aromatic carbocycles. The quantitative estimate of drug-likeness (QED) is 0.881. The lowest BCUT2D eigenvalue weighted by Crippen LogP contribution is -2.27. The molecule has 19 heavy (non-hydrogen) atoms. The Bertz CT molecular complexity index is 687. The molecule has 0 amide bonds. The summed E-state index contributed by atoms with van der Waals surface area (Å²) in [6.45, 7) is 3.71. The lowest BCUT2D eigenvalue weighted by atomic mass is 10.2. The summed E-state index contributed by atoms with van der Waals surface area (Å²) in [5, 5.41) is 19.7. The third kappa shape index (κ3) is 2.26. The van der Waals surface area contributed by atoms with Crippen molar-refractivity contribution in [1.82, 2.24) is 9.55 Å². The molecule has 102 valence electrons. The van der Waals surface area contributed by atoms with Gasteiger partial charge in [0.1, 0.15) is 10.7 Å². The van der Waals surface area contributed by atoms with Crippen LogP contribution in [0.25, 0.3) is 10.2 Å². The van der Waals surface area contributed by atoms with Crippen LogP contribution in [0.4, 0.5) is 0 Å². The summed E-state index contributed by atoms with van der Waals surface area (Å²) in [5.41, 5.74) is -0.430. The van der Waals surface area contributed by atoms with Gasteiger partial charge in [-0.15, -0.1) is 11.3 Å². The second kappa shape index (κ2) is 5.10. The smallest absolute Gasteiger partial charge is 0.337 e. The number of carboxylic acids is 1. The molecule has 0 aliphatic carbocycles. The highest BCUT2D eigenvalue weighted by Crippen LogP contribution is 2.23. The molecule has 2 heterocycles.